The molecule has 0 atom stereocenters. The Kier molecular flexibility index (Phi) is 2.95. The molecule has 46 valence electrons. The largest absolute Gasteiger partial charge is 0.321 e. The van der Waals surface area contributed by atoms with E-state index in [1.165, 1.54) is 6.34 Å². The summed E-state index contributed by atoms with van der Waals surface area (Å²) in [5.74, 6) is 0. The molecular formula is C3H6ClN3O. The van der Waals surface area contributed by atoms with Gasteiger partial charge in [-0.2, -0.15) is 0 Å². The van der Waals surface area contributed by atoms with Crippen molar-refractivity contribution in [2.75, 3.05) is 6.67 Å². The molecule has 1 aliphatic rings. The highest BCUT2D eigenvalue weighted by molar-refractivity contribution is 5.87. The summed E-state index contributed by atoms with van der Waals surface area (Å²) in [6.07, 6.45) is 1.37. The molecule has 2 amide bonds. The molecule has 0 unspecified atom stereocenters. The lowest BCUT2D eigenvalue weighted by atomic mass is 10.8. The number of urea groups is 1. The fraction of sp³-hybridized carbons (Fsp3) is 0.333. The van der Waals surface area contributed by atoms with Gasteiger partial charge in [0.2, 0.25) is 0 Å². The van der Waals surface area contributed by atoms with Gasteiger partial charge < -0.3 is 5.32 Å². The number of nitrogens with one attached hydrogen (secondary N) is 2. The third kappa shape index (κ3) is 1.79. The van der Waals surface area contributed by atoms with Crippen molar-refractivity contribution in [3.05, 3.63) is 0 Å². The number of nitrogens with zero attached hydrogens (tertiary/aromatic N) is 1. The van der Waals surface area contributed by atoms with Crippen molar-refractivity contribution in [3.63, 3.8) is 0 Å². The molecule has 0 aromatic carbocycles. The van der Waals surface area contributed by atoms with Crippen LogP contribution < -0.4 is 10.6 Å². The van der Waals surface area contributed by atoms with Gasteiger partial charge in [-0.1, -0.05) is 0 Å². The summed E-state index contributed by atoms with van der Waals surface area (Å²) in [6.45, 7) is 0.395. The van der Waals surface area contributed by atoms with Crippen LogP contribution in [0.3, 0.4) is 0 Å². The highest BCUT2D eigenvalue weighted by atomic mass is 35.5. The molecule has 0 fully saturated rings. The molecule has 0 radical (unpaired) electrons. The maximum atomic E-state index is 10.1. The Bertz CT molecular complexity index is 113. The van der Waals surface area contributed by atoms with Gasteiger partial charge >= 0.3 is 6.03 Å². The Morgan fingerprint density at radius 1 is 1.75 bits per heavy atom. The zero-order chi connectivity index (χ0) is 5.11. The first kappa shape index (κ1) is 7.23. The summed E-state index contributed by atoms with van der Waals surface area (Å²) in [6, 6.07) is -0.185. The van der Waals surface area contributed by atoms with E-state index >= 15 is 0 Å². The number of rotatable bonds is 0. The van der Waals surface area contributed by atoms with Gasteiger partial charge in [0, 0.05) is 0 Å². The molecule has 0 saturated heterocycles. The molecule has 0 spiro atoms. The molecule has 1 heterocycles. The average Bonchev–Trinajstić information content (AvgIpc) is 1.69. The van der Waals surface area contributed by atoms with Crippen molar-refractivity contribution in [3.8, 4) is 0 Å². The standard InChI is InChI=1S/C3H5N3O.ClH/c7-3-5-1-4-2-6-3;/h1H,2H2,(H2,4,5,6,7);1H. The first-order chi connectivity index (χ1) is 3.39. The molecule has 8 heavy (non-hydrogen) atoms. The van der Waals surface area contributed by atoms with Crippen molar-refractivity contribution < 1.29 is 4.79 Å². The third-order valence-corrected chi connectivity index (χ3v) is 0.618. The van der Waals surface area contributed by atoms with Crippen molar-refractivity contribution in [1.29, 1.82) is 0 Å². The summed E-state index contributed by atoms with van der Waals surface area (Å²) in [5, 5.41) is 4.77. The Morgan fingerprint density at radius 3 is 2.75 bits per heavy atom. The molecule has 2 N–H and O–H groups in total. The zero-order valence-corrected chi connectivity index (χ0v) is 4.86. The van der Waals surface area contributed by atoms with Crippen LogP contribution in [-0.4, -0.2) is 19.0 Å². The van der Waals surface area contributed by atoms with Crippen molar-refractivity contribution in [2.45, 2.75) is 0 Å². The van der Waals surface area contributed by atoms with E-state index in [1.807, 2.05) is 0 Å². The van der Waals surface area contributed by atoms with Crippen LogP contribution in [0.25, 0.3) is 0 Å². The average molecular weight is 136 g/mol. The van der Waals surface area contributed by atoms with E-state index in [1.54, 1.807) is 0 Å². The number of halogens is 1. The monoisotopic (exact) mass is 135 g/mol. The maximum absolute atomic E-state index is 10.1. The minimum Gasteiger partial charge on any atom is -0.318 e. The lowest BCUT2D eigenvalue weighted by Crippen LogP contribution is -2.38. The van der Waals surface area contributed by atoms with Crippen LogP contribution in [0.4, 0.5) is 4.79 Å². The summed E-state index contributed by atoms with van der Waals surface area (Å²) in [5.41, 5.74) is 0. The predicted octanol–water partition coefficient (Wildman–Crippen LogP) is -0.293. The summed E-state index contributed by atoms with van der Waals surface area (Å²) in [7, 11) is 0. The van der Waals surface area contributed by atoms with Crippen molar-refractivity contribution in [1.82, 2.24) is 10.6 Å². The quantitative estimate of drug-likeness (QED) is 0.471. The van der Waals surface area contributed by atoms with Gasteiger partial charge in [-0.25, -0.2) is 4.79 Å². The Balaban J connectivity index is 0.000000490. The first-order valence-electron chi connectivity index (χ1n) is 1.92. The highest BCUT2D eigenvalue weighted by Crippen LogP contribution is 1.68. The molecule has 0 bridgehead atoms. The van der Waals surface area contributed by atoms with E-state index in [9.17, 15) is 4.79 Å². The number of hydrogen-bond donors (Lipinski definition) is 2. The second-order valence-corrected chi connectivity index (χ2v) is 1.12. The number of amides is 2. The van der Waals surface area contributed by atoms with Gasteiger partial charge in [0.15, 0.2) is 0 Å². The maximum Gasteiger partial charge on any atom is 0.321 e. The van der Waals surface area contributed by atoms with Crippen LogP contribution in [0.2, 0.25) is 0 Å². The van der Waals surface area contributed by atoms with Crippen LogP contribution in [0.1, 0.15) is 0 Å². The van der Waals surface area contributed by atoms with Gasteiger partial charge in [-0.3, -0.25) is 10.3 Å². The molecule has 0 aromatic heterocycles. The van der Waals surface area contributed by atoms with Crippen molar-refractivity contribution >= 4 is 24.8 Å². The SMILES string of the molecule is Cl.O=C1NC=NCN1. The minimum atomic E-state index is -0.185. The molecule has 4 nitrogen and oxygen atoms in total. The lowest BCUT2D eigenvalue weighted by molar-refractivity contribution is 0.245. The van der Waals surface area contributed by atoms with Gasteiger partial charge in [0.1, 0.15) is 6.67 Å². The Morgan fingerprint density at radius 2 is 2.50 bits per heavy atom. The topological polar surface area (TPSA) is 53.5 Å². The van der Waals surface area contributed by atoms with E-state index in [0.29, 0.717) is 6.67 Å². The van der Waals surface area contributed by atoms with Gasteiger partial charge in [0.05, 0.1) is 6.34 Å². The molecular weight excluding hydrogens is 130 g/mol. The molecule has 0 aromatic rings. The first-order valence-corrected chi connectivity index (χ1v) is 1.92. The molecule has 1 rings (SSSR count). The van der Waals surface area contributed by atoms with Gasteiger partial charge in [-0.15, -0.1) is 12.4 Å². The fourth-order valence-corrected chi connectivity index (χ4v) is 0.318. The smallest absolute Gasteiger partial charge is 0.318 e. The summed E-state index contributed by atoms with van der Waals surface area (Å²) < 4.78 is 0. The van der Waals surface area contributed by atoms with Crippen LogP contribution in [0.15, 0.2) is 4.99 Å². The fourth-order valence-electron chi connectivity index (χ4n) is 0.318. The van der Waals surface area contributed by atoms with Crippen molar-refractivity contribution in [2.24, 2.45) is 4.99 Å². The highest BCUT2D eigenvalue weighted by Gasteiger charge is 1.96. The van der Waals surface area contributed by atoms with Crippen LogP contribution in [0.5, 0.6) is 0 Å². The molecule has 0 aliphatic carbocycles. The van der Waals surface area contributed by atoms with E-state index < -0.39 is 0 Å². The predicted molar refractivity (Wildman–Crippen MR) is 32.3 cm³/mol. The van der Waals surface area contributed by atoms with Crippen LogP contribution in [-0.2, 0) is 0 Å². The molecule has 1 aliphatic heterocycles. The molecule has 5 heteroatoms. The van der Waals surface area contributed by atoms with Crippen LogP contribution >= 0.6 is 12.4 Å². The van der Waals surface area contributed by atoms with E-state index in [4.69, 9.17) is 0 Å². The van der Waals surface area contributed by atoms with Gasteiger partial charge in [0.25, 0.3) is 0 Å². The van der Waals surface area contributed by atoms with E-state index in [0.717, 1.165) is 0 Å². The second-order valence-electron chi connectivity index (χ2n) is 1.12. The van der Waals surface area contributed by atoms with Crippen LogP contribution in [0, 0.1) is 0 Å². The van der Waals surface area contributed by atoms with E-state index in [2.05, 4.69) is 15.6 Å². The number of carbonyl (C=O) groups is 1. The van der Waals surface area contributed by atoms with Gasteiger partial charge in [-0.05, 0) is 0 Å². The number of carbonyl (C=O) groups excluding carboxylic acids is 1. The lowest BCUT2D eigenvalue weighted by Gasteiger charge is -2.03. The number of aliphatic imine (C=N–C) groups is 1. The minimum absolute atomic E-state index is 0. The normalized spacial score (nSPS) is 15.8. The summed E-state index contributed by atoms with van der Waals surface area (Å²) in [4.78, 5) is 13.8. The molecule has 0 saturated carbocycles. The Hall–Kier alpha value is -0.770. The Labute approximate surface area is 52.8 Å². The zero-order valence-electron chi connectivity index (χ0n) is 4.05. The second kappa shape index (κ2) is 3.26. The summed E-state index contributed by atoms with van der Waals surface area (Å²) >= 11 is 0. The van der Waals surface area contributed by atoms with E-state index in [-0.39, 0.29) is 18.4 Å². The third-order valence-electron chi connectivity index (χ3n) is 0.618. The number of hydrogen-bond acceptors (Lipinski definition) is 2.